The summed E-state index contributed by atoms with van der Waals surface area (Å²) in [5, 5.41) is 11.0. The molecule has 0 heterocycles. The predicted octanol–water partition coefficient (Wildman–Crippen LogP) is 3.50. The van der Waals surface area contributed by atoms with Crippen LogP contribution in [0.1, 0.15) is 25.0 Å². The lowest BCUT2D eigenvalue weighted by atomic mass is 9.95. The summed E-state index contributed by atoms with van der Waals surface area (Å²) in [6.45, 7) is 2.79. The van der Waals surface area contributed by atoms with Gasteiger partial charge in [0.25, 0.3) is 0 Å². The molecule has 0 aliphatic carbocycles. The van der Waals surface area contributed by atoms with Crippen molar-refractivity contribution in [3.05, 3.63) is 29.3 Å². The standard InChI is InChI=1S/C11H9FN2S/c1-11(2,12)10-5-9(14-7-15)4-3-8(10)6-13/h3-5H,1-2H3. The normalized spacial score (nSPS) is 10.3. The minimum atomic E-state index is -1.57. The van der Waals surface area contributed by atoms with Crippen molar-refractivity contribution in [1.29, 1.82) is 5.26 Å². The second-order valence-corrected chi connectivity index (χ2v) is 3.70. The van der Waals surface area contributed by atoms with Crippen molar-refractivity contribution in [1.82, 2.24) is 0 Å². The van der Waals surface area contributed by atoms with E-state index in [0.29, 0.717) is 16.8 Å². The van der Waals surface area contributed by atoms with E-state index in [-0.39, 0.29) is 0 Å². The van der Waals surface area contributed by atoms with Crippen LogP contribution in [-0.2, 0) is 5.67 Å². The number of alkyl halides is 1. The maximum Gasteiger partial charge on any atom is 0.131 e. The molecule has 0 N–H and O–H groups in total. The fourth-order valence-corrected chi connectivity index (χ4v) is 1.35. The fourth-order valence-electron chi connectivity index (χ4n) is 1.24. The van der Waals surface area contributed by atoms with Gasteiger partial charge < -0.3 is 0 Å². The molecule has 0 unspecified atom stereocenters. The third-order valence-corrected chi connectivity index (χ3v) is 2.03. The summed E-state index contributed by atoms with van der Waals surface area (Å²) in [4.78, 5) is 3.74. The van der Waals surface area contributed by atoms with Gasteiger partial charge in [0.05, 0.1) is 22.5 Å². The molecule has 1 rings (SSSR count). The van der Waals surface area contributed by atoms with E-state index in [1.807, 2.05) is 6.07 Å². The van der Waals surface area contributed by atoms with Crippen LogP contribution >= 0.6 is 12.2 Å². The Morgan fingerprint density at radius 2 is 2.13 bits per heavy atom. The third-order valence-electron chi connectivity index (χ3n) is 1.94. The number of rotatable bonds is 2. The molecule has 2 nitrogen and oxygen atoms in total. The van der Waals surface area contributed by atoms with E-state index in [0.717, 1.165) is 0 Å². The Labute approximate surface area is 93.1 Å². The summed E-state index contributed by atoms with van der Waals surface area (Å²) < 4.78 is 13.7. The van der Waals surface area contributed by atoms with Crippen LogP contribution in [-0.4, -0.2) is 5.16 Å². The largest absolute Gasteiger partial charge is 0.239 e. The average Bonchev–Trinajstić information content (AvgIpc) is 2.17. The van der Waals surface area contributed by atoms with E-state index in [9.17, 15) is 4.39 Å². The SMILES string of the molecule is CC(C)(F)c1cc(N=C=S)ccc1C#N. The highest BCUT2D eigenvalue weighted by Crippen LogP contribution is 2.30. The Kier molecular flexibility index (Phi) is 3.31. The Morgan fingerprint density at radius 3 is 2.60 bits per heavy atom. The summed E-state index contributed by atoms with van der Waals surface area (Å²) in [6, 6.07) is 6.59. The van der Waals surface area contributed by atoms with Gasteiger partial charge in [-0.3, -0.25) is 0 Å². The molecule has 0 aliphatic rings. The Balaban J connectivity index is 3.40. The summed E-state index contributed by atoms with van der Waals surface area (Å²) in [5.74, 6) is 0. The van der Waals surface area contributed by atoms with Crippen LogP contribution in [0, 0.1) is 11.3 Å². The average molecular weight is 220 g/mol. The van der Waals surface area contributed by atoms with Crippen LogP contribution in [0.5, 0.6) is 0 Å². The second-order valence-electron chi connectivity index (χ2n) is 3.52. The van der Waals surface area contributed by atoms with Gasteiger partial charge in [0.15, 0.2) is 0 Å². The Morgan fingerprint density at radius 1 is 1.47 bits per heavy atom. The van der Waals surface area contributed by atoms with Crippen molar-refractivity contribution in [2.45, 2.75) is 19.5 Å². The molecule has 0 atom stereocenters. The zero-order chi connectivity index (χ0) is 11.5. The molecule has 0 bridgehead atoms. The van der Waals surface area contributed by atoms with Gasteiger partial charge in [0.2, 0.25) is 0 Å². The number of nitriles is 1. The maximum atomic E-state index is 13.7. The van der Waals surface area contributed by atoms with Crippen molar-refractivity contribution < 1.29 is 4.39 Å². The third kappa shape index (κ3) is 2.69. The molecule has 76 valence electrons. The lowest BCUT2D eigenvalue weighted by molar-refractivity contribution is 0.221. The van der Waals surface area contributed by atoms with E-state index >= 15 is 0 Å². The molecule has 0 saturated heterocycles. The van der Waals surface area contributed by atoms with Crippen LogP contribution in [0.15, 0.2) is 23.2 Å². The van der Waals surface area contributed by atoms with Gasteiger partial charge >= 0.3 is 0 Å². The number of nitrogens with zero attached hydrogens (tertiary/aromatic N) is 2. The minimum absolute atomic E-state index is 0.311. The van der Waals surface area contributed by atoms with Crippen LogP contribution < -0.4 is 0 Å². The van der Waals surface area contributed by atoms with Gasteiger partial charge in [-0.25, -0.2) is 4.39 Å². The van der Waals surface area contributed by atoms with Crippen LogP contribution in [0.2, 0.25) is 0 Å². The predicted molar refractivity (Wildman–Crippen MR) is 60.0 cm³/mol. The number of thiocarbonyl (C=S) groups is 1. The van der Waals surface area contributed by atoms with Crippen LogP contribution in [0.25, 0.3) is 0 Å². The van der Waals surface area contributed by atoms with Crippen LogP contribution in [0.4, 0.5) is 10.1 Å². The Bertz CT molecular complexity index is 462. The number of halogens is 1. The molecule has 0 fully saturated rings. The molecule has 0 aromatic heterocycles. The molecule has 4 heteroatoms. The number of hydrogen-bond donors (Lipinski definition) is 0. The minimum Gasteiger partial charge on any atom is -0.239 e. The van der Waals surface area contributed by atoms with E-state index in [1.165, 1.54) is 26.0 Å². The quantitative estimate of drug-likeness (QED) is 0.565. The van der Waals surface area contributed by atoms with E-state index in [1.54, 1.807) is 6.07 Å². The molecule has 15 heavy (non-hydrogen) atoms. The van der Waals surface area contributed by atoms with E-state index < -0.39 is 5.67 Å². The lowest BCUT2D eigenvalue weighted by Gasteiger charge is -2.16. The van der Waals surface area contributed by atoms with Gasteiger partial charge in [0.1, 0.15) is 5.67 Å². The highest BCUT2D eigenvalue weighted by atomic mass is 32.1. The number of isothiocyanates is 1. The molecule has 0 radical (unpaired) electrons. The van der Waals surface area contributed by atoms with Gasteiger partial charge in [0, 0.05) is 5.56 Å². The summed E-state index contributed by atoms with van der Waals surface area (Å²) in [5.41, 5.74) is -0.440. The van der Waals surface area contributed by atoms with Gasteiger partial charge in [-0.1, -0.05) is 0 Å². The van der Waals surface area contributed by atoms with Crippen molar-refractivity contribution in [3.8, 4) is 6.07 Å². The first-order valence-corrected chi connectivity index (χ1v) is 4.71. The van der Waals surface area contributed by atoms with Gasteiger partial charge in [-0.15, -0.1) is 0 Å². The summed E-state index contributed by atoms with van der Waals surface area (Å²) >= 11 is 4.46. The molecule has 0 spiro atoms. The summed E-state index contributed by atoms with van der Waals surface area (Å²) in [7, 11) is 0. The molecular weight excluding hydrogens is 211 g/mol. The van der Waals surface area contributed by atoms with Crippen LogP contribution in [0.3, 0.4) is 0 Å². The van der Waals surface area contributed by atoms with Crippen molar-refractivity contribution in [2.75, 3.05) is 0 Å². The number of hydrogen-bond acceptors (Lipinski definition) is 3. The van der Waals surface area contributed by atoms with E-state index in [4.69, 9.17) is 5.26 Å². The first-order chi connectivity index (χ1) is 6.99. The first-order valence-electron chi connectivity index (χ1n) is 4.30. The number of aliphatic imine (C=N–C) groups is 1. The molecular formula is C11H9FN2S. The highest BCUT2D eigenvalue weighted by molar-refractivity contribution is 7.78. The molecule has 0 aliphatic heterocycles. The van der Waals surface area contributed by atoms with E-state index in [2.05, 4.69) is 22.4 Å². The molecule has 0 saturated carbocycles. The van der Waals surface area contributed by atoms with Gasteiger partial charge in [-0.05, 0) is 44.3 Å². The van der Waals surface area contributed by atoms with Crippen molar-refractivity contribution >= 4 is 23.1 Å². The smallest absolute Gasteiger partial charge is 0.131 e. The highest BCUT2D eigenvalue weighted by Gasteiger charge is 2.22. The first kappa shape index (κ1) is 11.5. The monoisotopic (exact) mass is 220 g/mol. The topological polar surface area (TPSA) is 36.1 Å². The van der Waals surface area contributed by atoms with Crippen molar-refractivity contribution in [2.24, 2.45) is 4.99 Å². The van der Waals surface area contributed by atoms with Gasteiger partial charge in [-0.2, -0.15) is 10.3 Å². The second kappa shape index (κ2) is 4.31. The zero-order valence-electron chi connectivity index (χ0n) is 8.41. The lowest BCUT2D eigenvalue weighted by Crippen LogP contribution is -2.11. The number of benzene rings is 1. The maximum absolute atomic E-state index is 13.7. The molecule has 0 amide bonds. The van der Waals surface area contributed by atoms with Crippen molar-refractivity contribution in [3.63, 3.8) is 0 Å². The zero-order valence-corrected chi connectivity index (χ0v) is 9.23. The fraction of sp³-hybridized carbons (Fsp3) is 0.273. The molecule has 1 aromatic carbocycles. The Hall–Kier alpha value is -1.56. The summed E-state index contributed by atoms with van der Waals surface area (Å²) in [6.07, 6.45) is 0. The molecule has 1 aromatic rings.